The van der Waals surface area contributed by atoms with Crippen LogP contribution in [-0.4, -0.2) is 11.1 Å². The lowest BCUT2D eigenvalue weighted by atomic mass is 10.2. The van der Waals surface area contributed by atoms with Gasteiger partial charge in [-0.1, -0.05) is 40.9 Å². The van der Waals surface area contributed by atoms with E-state index >= 15 is 0 Å². The zero-order valence-electron chi connectivity index (χ0n) is 11.2. The number of carboxylic acid groups (broad SMARTS) is 1. The van der Waals surface area contributed by atoms with Crippen molar-refractivity contribution in [2.45, 2.75) is 6.61 Å². The van der Waals surface area contributed by atoms with E-state index in [0.717, 1.165) is 11.6 Å². The Labute approximate surface area is 142 Å². The van der Waals surface area contributed by atoms with E-state index in [9.17, 15) is 4.79 Å². The summed E-state index contributed by atoms with van der Waals surface area (Å²) >= 11 is 17.8. The highest BCUT2D eigenvalue weighted by atomic mass is 35.5. The molecular formula is C16H11Cl3O3. The van der Waals surface area contributed by atoms with Crippen LogP contribution in [0.4, 0.5) is 0 Å². The fraction of sp³-hybridized carbons (Fsp3) is 0.0625. The molecule has 0 bridgehead atoms. The summed E-state index contributed by atoms with van der Waals surface area (Å²) in [6.07, 6.45) is 2.45. The van der Waals surface area contributed by atoms with Gasteiger partial charge in [-0.05, 0) is 36.4 Å². The van der Waals surface area contributed by atoms with Crippen molar-refractivity contribution in [2.75, 3.05) is 0 Å². The highest BCUT2D eigenvalue weighted by molar-refractivity contribution is 6.35. The van der Waals surface area contributed by atoms with Crippen LogP contribution >= 0.6 is 34.8 Å². The van der Waals surface area contributed by atoms with Crippen LogP contribution in [0.3, 0.4) is 0 Å². The Morgan fingerprint density at radius 3 is 2.45 bits per heavy atom. The Kier molecular flexibility index (Phi) is 5.72. The Bertz CT molecular complexity index is 727. The number of rotatable bonds is 5. The molecule has 2 aromatic carbocycles. The van der Waals surface area contributed by atoms with Crippen molar-refractivity contribution in [3.63, 3.8) is 0 Å². The van der Waals surface area contributed by atoms with E-state index in [1.54, 1.807) is 36.4 Å². The molecule has 0 radical (unpaired) electrons. The van der Waals surface area contributed by atoms with Gasteiger partial charge in [0.05, 0.1) is 0 Å². The van der Waals surface area contributed by atoms with Crippen molar-refractivity contribution in [3.05, 3.63) is 68.7 Å². The summed E-state index contributed by atoms with van der Waals surface area (Å²) in [6, 6.07) is 10.1. The van der Waals surface area contributed by atoms with Gasteiger partial charge in [-0.25, -0.2) is 4.79 Å². The van der Waals surface area contributed by atoms with E-state index in [1.165, 1.54) is 6.08 Å². The van der Waals surface area contributed by atoms with Gasteiger partial charge in [0, 0.05) is 32.3 Å². The van der Waals surface area contributed by atoms with E-state index < -0.39 is 5.97 Å². The second-order valence-electron chi connectivity index (χ2n) is 4.38. The molecule has 0 aliphatic rings. The van der Waals surface area contributed by atoms with Crippen molar-refractivity contribution in [1.29, 1.82) is 0 Å². The predicted molar refractivity (Wildman–Crippen MR) is 88.9 cm³/mol. The third-order valence-corrected chi connectivity index (χ3v) is 3.60. The van der Waals surface area contributed by atoms with Gasteiger partial charge >= 0.3 is 5.97 Å². The van der Waals surface area contributed by atoms with Crippen LogP contribution < -0.4 is 4.74 Å². The van der Waals surface area contributed by atoms with E-state index in [4.69, 9.17) is 44.6 Å². The summed E-state index contributed by atoms with van der Waals surface area (Å²) in [5.41, 5.74) is 1.34. The number of ether oxygens (including phenoxy) is 1. The van der Waals surface area contributed by atoms with Crippen molar-refractivity contribution in [2.24, 2.45) is 0 Å². The molecule has 0 saturated carbocycles. The number of carboxylic acids is 1. The molecule has 0 fully saturated rings. The van der Waals surface area contributed by atoms with E-state index in [-0.39, 0.29) is 6.61 Å². The van der Waals surface area contributed by atoms with Gasteiger partial charge in [-0.2, -0.15) is 0 Å². The van der Waals surface area contributed by atoms with Crippen molar-refractivity contribution in [1.82, 2.24) is 0 Å². The lowest BCUT2D eigenvalue weighted by Crippen LogP contribution is -1.98. The number of hydrogen-bond donors (Lipinski definition) is 1. The van der Waals surface area contributed by atoms with Crippen LogP contribution in [0.2, 0.25) is 15.1 Å². The third kappa shape index (κ3) is 4.67. The molecule has 0 aliphatic heterocycles. The van der Waals surface area contributed by atoms with Gasteiger partial charge in [0.25, 0.3) is 0 Å². The summed E-state index contributed by atoms with van der Waals surface area (Å²) in [6.45, 7) is 0.228. The first-order valence-corrected chi connectivity index (χ1v) is 7.36. The molecule has 6 heteroatoms. The van der Waals surface area contributed by atoms with Gasteiger partial charge in [0.15, 0.2) is 0 Å². The van der Waals surface area contributed by atoms with E-state index in [0.29, 0.717) is 26.4 Å². The molecule has 0 heterocycles. The summed E-state index contributed by atoms with van der Waals surface area (Å²) in [5, 5.41) is 10.3. The lowest BCUT2D eigenvalue weighted by Gasteiger charge is -2.11. The van der Waals surface area contributed by atoms with Crippen molar-refractivity contribution >= 4 is 46.8 Å². The predicted octanol–water partition coefficient (Wildman–Crippen LogP) is 5.32. The minimum absolute atomic E-state index is 0.228. The van der Waals surface area contributed by atoms with Crippen molar-refractivity contribution in [3.8, 4) is 5.75 Å². The second kappa shape index (κ2) is 7.54. The van der Waals surface area contributed by atoms with E-state index in [2.05, 4.69) is 0 Å². The van der Waals surface area contributed by atoms with Gasteiger partial charge in [0.2, 0.25) is 0 Å². The maximum Gasteiger partial charge on any atom is 0.328 e. The molecule has 0 aliphatic carbocycles. The Balaban J connectivity index is 2.20. The van der Waals surface area contributed by atoms with Gasteiger partial charge in [0.1, 0.15) is 12.4 Å². The average molecular weight is 358 g/mol. The molecular weight excluding hydrogens is 347 g/mol. The molecule has 22 heavy (non-hydrogen) atoms. The Morgan fingerprint density at radius 2 is 1.77 bits per heavy atom. The second-order valence-corrected chi connectivity index (χ2v) is 5.66. The molecule has 0 amide bonds. The highest BCUT2D eigenvalue weighted by Gasteiger charge is 2.06. The quantitative estimate of drug-likeness (QED) is 0.736. The number of benzene rings is 2. The van der Waals surface area contributed by atoms with Gasteiger partial charge in [-0.3, -0.25) is 0 Å². The smallest absolute Gasteiger partial charge is 0.328 e. The Morgan fingerprint density at radius 1 is 1.09 bits per heavy atom. The first kappa shape index (κ1) is 16.7. The first-order valence-electron chi connectivity index (χ1n) is 6.23. The highest BCUT2D eigenvalue weighted by Crippen LogP contribution is 2.27. The molecule has 0 saturated heterocycles. The maximum atomic E-state index is 10.6. The van der Waals surface area contributed by atoms with Gasteiger partial charge in [-0.15, -0.1) is 0 Å². The van der Waals surface area contributed by atoms with Crippen LogP contribution in [0.1, 0.15) is 11.1 Å². The molecule has 0 spiro atoms. The molecule has 114 valence electrons. The SMILES string of the molecule is O=C(O)C=Cc1cc(Cl)ccc1OCc1ccc(Cl)cc1Cl. The van der Waals surface area contributed by atoms with E-state index in [1.807, 2.05) is 0 Å². The van der Waals surface area contributed by atoms with Crippen LogP contribution in [0.5, 0.6) is 5.75 Å². The maximum absolute atomic E-state index is 10.6. The third-order valence-electron chi connectivity index (χ3n) is 2.78. The lowest BCUT2D eigenvalue weighted by molar-refractivity contribution is -0.131. The first-order chi connectivity index (χ1) is 10.5. The number of halogens is 3. The minimum atomic E-state index is -1.05. The molecule has 1 N–H and O–H groups in total. The summed E-state index contributed by atoms with van der Waals surface area (Å²) in [4.78, 5) is 10.6. The molecule has 0 aromatic heterocycles. The van der Waals surface area contributed by atoms with Crippen molar-refractivity contribution < 1.29 is 14.6 Å². The monoisotopic (exact) mass is 356 g/mol. The normalized spacial score (nSPS) is 10.9. The molecule has 0 atom stereocenters. The standard InChI is InChI=1S/C16H11Cl3O3/c17-12-4-5-15(10(7-12)2-6-16(20)21)22-9-11-1-3-13(18)8-14(11)19/h1-8H,9H2,(H,20,21). The molecule has 2 rings (SSSR count). The number of aliphatic carboxylic acids is 1. The molecule has 2 aromatic rings. The topological polar surface area (TPSA) is 46.5 Å². The number of carbonyl (C=O) groups is 1. The Hall–Kier alpha value is -1.68. The van der Waals surface area contributed by atoms with Crippen LogP contribution in [0, 0.1) is 0 Å². The minimum Gasteiger partial charge on any atom is -0.488 e. The fourth-order valence-electron chi connectivity index (χ4n) is 1.74. The van der Waals surface area contributed by atoms with Gasteiger partial charge < -0.3 is 9.84 Å². The summed E-state index contributed by atoms with van der Waals surface area (Å²) in [5.74, 6) is -0.542. The zero-order valence-corrected chi connectivity index (χ0v) is 13.5. The van der Waals surface area contributed by atoms with Crippen LogP contribution in [0.15, 0.2) is 42.5 Å². The summed E-state index contributed by atoms with van der Waals surface area (Å²) in [7, 11) is 0. The fourth-order valence-corrected chi connectivity index (χ4v) is 2.38. The average Bonchev–Trinajstić information content (AvgIpc) is 2.45. The largest absolute Gasteiger partial charge is 0.488 e. The molecule has 0 unspecified atom stereocenters. The number of hydrogen-bond acceptors (Lipinski definition) is 2. The van der Waals surface area contributed by atoms with Crippen LogP contribution in [-0.2, 0) is 11.4 Å². The van der Waals surface area contributed by atoms with Crippen LogP contribution in [0.25, 0.3) is 6.08 Å². The molecule has 3 nitrogen and oxygen atoms in total. The zero-order chi connectivity index (χ0) is 16.1. The summed E-state index contributed by atoms with van der Waals surface area (Å²) < 4.78 is 5.70.